The van der Waals surface area contributed by atoms with Crippen LogP contribution in [0.25, 0.3) is 22.5 Å². The summed E-state index contributed by atoms with van der Waals surface area (Å²) in [5.41, 5.74) is -1.59. The van der Waals surface area contributed by atoms with Crippen LogP contribution < -0.4 is 4.74 Å². The minimum Gasteiger partial charge on any atom is -0.429 e. The molecule has 4 aromatic rings. The summed E-state index contributed by atoms with van der Waals surface area (Å²) in [6, 6.07) is 4.83. The number of aromatic nitrogens is 2. The van der Waals surface area contributed by atoms with E-state index in [0.717, 1.165) is 30.5 Å². The van der Waals surface area contributed by atoms with Crippen LogP contribution in [0.2, 0.25) is 0 Å². The highest BCUT2D eigenvalue weighted by Crippen LogP contribution is 2.38. The average Bonchev–Trinajstić information content (AvgIpc) is 2.84. The molecule has 0 spiro atoms. The largest absolute Gasteiger partial charge is 0.429 e. The van der Waals surface area contributed by atoms with Gasteiger partial charge < -0.3 is 4.74 Å². The number of aryl methyl sites for hydroxylation is 1. The van der Waals surface area contributed by atoms with Crippen LogP contribution in [-0.2, 0) is 12.5 Å². The smallest absolute Gasteiger partial charge is 0.429 e. The second-order valence-corrected chi connectivity index (χ2v) is 7.97. The van der Waals surface area contributed by atoms with Crippen LogP contribution in [0.15, 0.2) is 54.9 Å². The summed E-state index contributed by atoms with van der Waals surface area (Å²) in [6.07, 6.45) is 0.194. The molecule has 0 saturated carbocycles. The summed E-state index contributed by atoms with van der Waals surface area (Å²) in [5, 5.41) is 0. The lowest BCUT2D eigenvalue weighted by Crippen LogP contribution is -2.24. The van der Waals surface area contributed by atoms with E-state index in [1.807, 2.05) is 6.92 Å². The van der Waals surface area contributed by atoms with Gasteiger partial charge in [-0.15, -0.1) is 0 Å². The number of alkyl halides is 2. The lowest BCUT2D eigenvalue weighted by molar-refractivity contribution is -0.187. The maximum atomic E-state index is 14.8. The minimum absolute atomic E-state index is 0.118. The van der Waals surface area contributed by atoms with E-state index < -0.39 is 63.5 Å². The number of rotatable bonds is 7. The van der Waals surface area contributed by atoms with Crippen molar-refractivity contribution in [1.82, 2.24) is 9.97 Å². The maximum Gasteiger partial charge on any atom is 0.429 e. The monoisotopic (exact) mass is 524 g/mol. The van der Waals surface area contributed by atoms with Crippen LogP contribution in [0.4, 0.5) is 35.1 Å². The Morgan fingerprint density at radius 3 is 1.95 bits per heavy atom. The van der Waals surface area contributed by atoms with Gasteiger partial charge in [0, 0.05) is 41.2 Å². The zero-order valence-corrected chi connectivity index (χ0v) is 18.9. The Hall–Kier alpha value is -4.02. The van der Waals surface area contributed by atoms with Crippen molar-refractivity contribution in [2.45, 2.75) is 25.9 Å². The molecule has 3 aromatic carbocycles. The molecule has 0 radical (unpaired) electrons. The molecule has 192 valence electrons. The fraction of sp³-hybridized carbons (Fsp3) is 0.154. The number of halogens is 8. The average molecular weight is 524 g/mol. The van der Waals surface area contributed by atoms with Crippen molar-refractivity contribution in [3.63, 3.8) is 0 Å². The van der Waals surface area contributed by atoms with Gasteiger partial charge in [0.25, 0.3) is 0 Å². The van der Waals surface area contributed by atoms with Crippen molar-refractivity contribution in [2.24, 2.45) is 0 Å². The third kappa shape index (κ3) is 5.25. The summed E-state index contributed by atoms with van der Waals surface area (Å²) >= 11 is 0. The molecule has 1 heterocycles. The Balaban J connectivity index is 1.64. The molecule has 0 unspecified atom stereocenters. The Bertz CT molecular complexity index is 1440. The van der Waals surface area contributed by atoms with Gasteiger partial charge in [0.05, 0.1) is 0 Å². The molecule has 0 aliphatic heterocycles. The predicted molar refractivity (Wildman–Crippen MR) is 118 cm³/mol. The third-order valence-corrected chi connectivity index (χ3v) is 5.36. The van der Waals surface area contributed by atoms with Crippen LogP contribution in [-0.4, -0.2) is 9.97 Å². The van der Waals surface area contributed by atoms with E-state index in [9.17, 15) is 35.1 Å². The highest BCUT2D eigenvalue weighted by molar-refractivity contribution is 5.69. The van der Waals surface area contributed by atoms with Crippen molar-refractivity contribution < 1.29 is 39.9 Å². The van der Waals surface area contributed by atoms with Gasteiger partial charge in [-0.3, -0.25) is 0 Å². The van der Waals surface area contributed by atoms with Crippen molar-refractivity contribution in [3.05, 3.63) is 101 Å². The molecule has 3 nitrogen and oxygen atoms in total. The first kappa shape index (κ1) is 26.1. The second kappa shape index (κ2) is 10.2. The van der Waals surface area contributed by atoms with E-state index in [4.69, 9.17) is 0 Å². The molecule has 0 aliphatic carbocycles. The van der Waals surface area contributed by atoms with Gasteiger partial charge in [-0.2, -0.15) is 8.78 Å². The summed E-state index contributed by atoms with van der Waals surface area (Å²) in [7, 11) is 0. The third-order valence-electron chi connectivity index (χ3n) is 5.36. The van der Waals surface area contributed by atoms with Crippen molar-refractivity contribution in [3.8, 4) is 28.3 Å². The van der Waals surface area contributed by atoms with Gasteiger partial charge in [-0.05, 0) is 24.1 Å². The van der Waals surface area contributed by atoms with Gasteiger partial charge in [0.2, 0.25) is 0 Å². The Morgan fingerprint density at radius 2 is 1.35 bits per heavy atom. The first-order chi connectivity index (χ1) is 17.5. The highest BCUT2D eigenvalue weighted by Gasteiger charge is 2.40. The van der Waals surface area contributed by atoms with Crippen LogP contribution in [0.3, 0.4) is 0 Å². The van der Waals surface area contributed by atoms with Crippen LogP contribution in [0.1, 0.15) is 24.5 Å². The topological polar surface area (TPSA) is 35.0 Å². The Morgan fingerprint density at radius 1 is 0.730 bits per heavy atom. The van der Waals surface area contributed by atoms with E-state index >= 15 is 0 Å². The maximum absolute atomic E-state index is 14.8. The van der Waals surface area contributed by atoms with Crippen molar-refractivity contribution in [1.29, 1.82) is 0 Å². The molecule has 37 heavy (non-hydrogen) atoms. The lowest BCUT2D eigenvalue weighted by Gasteiger charge is -2.20. The highest BCUT2D eigenvalue weighted by atomic mass is 19.3. The van der Waals surface area contributed by atoms with E-state index in [1.54, 1.807) is 12.4 Å². The van der Waals surface area contributed by atoms with Crippen LogP contribution >= 0.6 is 0 Å². The number of benzene rings is 3. The summed E-state index contributed by atoms with van der Waals surface area (Å²) < 4.78 is 117. The lowest BCUT2D eigenvalue weighted by atomic mass is 10.00. The van der Waals surface area contributed by atoms with E-state index in [2.05, 4.69) is 14.7 Å². The van der Waals surface area contributed by atoms with Crippen molar-refractivity contribution >= 4 is 0 Å². The molecule has 0 aliphatic rings. The summed E-state index contributed by atoms with van der Waals surface area (Å²) in [5.74, 6) is -11.4. The summed E-state index contributed by atoms with van der Waals surface area (Å²) in [4.78, 5) is 8.31. The Labute approximate surface area is 205 Å². The first-order valence-electron chi connectivity index (χ1n) is 10.8. The molecule has 11 heteroatoms. The normalized spacial score (nSPS) is 11.6. The second-order valence-electron chi connectivity index (χ2n) is 7.97. The van der Waals surface area contributed by atoms with Gasteiger partial charge in [0.15, 0.2) is 34.9 Å². The number of hydrogen-bond acceptors (Lipinski definition) is 3. The zero-order chi connectivity index (χ0) is 26.9. The fourth-order valence-electron chi connectivity index (χ4n) is 3.57. The molecule has 0 atom stereocenters. The predicted octanol–water partition coefficient (Wildman–Crippen LogP) is 7.73. The van der Waals surface area contributed by atoms with Gasteiger partial charge in [0.1, 0.15) is 17.1 Å². The van der Waals surface area contributed by atoms with Gasteiger partial charge >= 0.3 is 6.11 Å². The molecule has 0 N–H and O–H groups in total. The van der Waals surface area contributed by atoms with Gasteiger partial charge in [-0.1, -0.05) is 31.5 Å². The van der Waals surface area contributed by atoms with E-state index in [-0.39, 0.29) is 23.5 Å². The van der Waals surface area contributed by atoms with E-state index in [0.29, 0.717) is 12.1 Å². The quantitative estimate of drug-likeness (QED) is 0.183. The van der Waals surface area contributed by atoms with Crippen molar-refractivity contribution in [2.75, 3.05) is 0 Å². The number of hydrogen-bond donors (Lipinski definition) is 0. The first-order valence-corrected chi connectivity index (χ1v) is 10.8. The fourth-order valence-corrected chi connectivity index (χ4v) is 3.57. The molecule has 0 bridgehead atoms. The SMILES string of the molecule is CCCc1cnc(-c2ccc(-c3ccc(C(F)(F)Oc4cc(F)c(F)c(F)c4)c(F)c3F)c(F)c2)nc1. The number of ether oxygens (including phenoxy) is 1. The summed E-state index contributed by atoms with van der Waals surface area (Å²) in [6.45, 7) is 1.98. The molecule has 4 rings (SSSR count). The molecule has 1 aromatic heterocycles. The molecule has 0 amide bonds. The number of nitrogens with zero attached hydrogens (tertiary/aromatic N) is 2. The van der Waals surface area contributed by atoms with Crippen LogP contribution in [0.5, 0.6) is 5.75 Å². The Kier molecular flexibility index (Phi) is 7.15. The molecular formula is C26H16F8N2O. The molecule has 0 saturated heterocycles. The molecule has 0 fully saturated rings. The van der Waals surface area contributed by atoms with Crippen LogP contribution in [0, 0.1) is 34.9 Å². The van der Waals surface area contributed by atoms with E-state index in [1.165, 1.54) is 6.07 Å². The minimum atomic E-state index is -4.62. The van der Waals surface area contributed by atoms with Gasteiger partial charge in [-0.25, -0.2) is 36.3 Å². The zero-order valence-electron chi connectivity index (χ0n) is 18.9. The standard InChI is InChI=1S/C26H16F8N2O/c1-2-3-13-11-35-25(36-12-13)14-4-5-16(19(27)8-14)17-6-7-18(23(31)22(17)30)26(33,34)37-15-9-20(28)24(32)21(29)10-15/h4-12H,2-3H2,1H3. The molecular weight excluding hydrogens is 508 g/mol.